The quantitative estimate of drug-likeness (QED) is 0.342. The zero-order valence-corrected chi connectivity index (χ0v) is 17.9. The molecule has 0 radical (unpaired) electrons. The maximum atomic E-state index is 12.3. The van der Waals surface area contributed by atoms with Crippen LogP contribution in [0.25, 0.3) is 0 Å². The summed E-state index contributed by atoms with van der Waals surface area (Å²) in [5.41, 5.74) is -0.776. The van der Waals surface area contributed by atoms with E-state index in [1.54, 1.807) is 4.90 Å². The number of aliphatic hydroxyl groups excluding tert-OH is 1. The van der Waals surface area contributed by atoms with Crippen LogP contribution in [0.5, 0.6) is 0 Å². The van der Waals surface area contributed by atoms with Gasteiger partial charge in [-0.25, -0.2) is 0 Å². The molecule has 6 heteroatoms. The SMILES string of the molecule is CCCCCCCC(C)(O)CCN1C(=O)CC(O)C1CCCCCCC(=O)O. The Hall–Kier alpha value is -1.14. The standard InChI is InChI=1S/C22H41NO5/c1-3-4-5-8-11-14-22(2,28)15-16-23-18(19(24)17-20(23)25)12-9-6-7-10-13-21(26)27/h18-19,24,28H,3-17H2,1-2H3,(H,26,27). The van der Waals surface area contributed by atoms with Crippen LogP contribution < -0.4 is 0 Å². The van der Waals surface area contributed by atoms with Crippen molar-refractivity contribution in [3.05, 3.63) is 0 Å². The maximum absolute atomic E-state index is 12.3. The molecular formula is C22H41NO5. The molecule has 6 nitrogen and oxygen atoms in total. The summed E-state index contributed by atoms with van der Waals surface area (Å²) in [7, 11) is 0. The van der Waals surface area contributed by atoms with Crippen LogP contribution in [-0.2, 0) is 9.59 Å². The largest absolute Gasteiger partial charge is 0.481 e. The summed E-state index contributed by atoms with van der Waals surface area (Å²) in [5.74, 6) is -0.789. The number of rotatable bonds is 16. The van der Waals surface area contributed by atoms with Gasteiger partial charge in [0, 0.05) is 13.0 Å². The molecule has 3 N–H and O–H groups in total. The van der Waals surface area contributed by atoms with Crippen LogP contribution in [-0.4, -0.2) is 56.4 Å². The minimum Gasteiger partial charge on any atom is -0.481 e. The number of carboxylic acids is 1. The van der Waals surface area contributed by atoms with Gasteiger partial charge in [-0.3, -0.25) is 9.59 Å². The first-order chi connectivity index (χ1) is 13.3. The second-order valence-electron chi connectivity index (χ2n) is 8.68. The van der Waals surface area contributed by atoms with E-state index < -0.39 is 17.7 Å². The van der Waals surface area contributed by atoms with Gasteiger partial charge < -0.3 is 20.2 Å². The van der Waals surface area contributed by atoms with Crippen molar-refractivity contribution in [3.63, 3.8) is 0 Å². The summed E-state index contributed by atoms with van der Waals surface area (Å²) in [6, 6.07) is -0.174. The van der Waals surface area contributed by atoms with E-state index in [0.717, 1.165) is 44.9 Å². The number of hydrogen-bond donors (Lipinski definition) is 3. The summed E-state index contributed by atoms with van der Waals surface area (Å²) in [5, 5.41) is 29.6. The van der Waals surface area contributed by atoms with E-state index in [-0.39, 0.29) is 24.8 Å². The van der Waals surface area contributed by atoms with E-state index in [4.69, 9.17) is 5.11 Å². The van der Waals surface area contributed by atoms with Gasteiger partial charge in [0.1, 0.15) is 0 Å². The molecule has 0 spiro atoms. The third kappa shape index (κ3) is 9.87. The normalized spacial score (nSPS) is 21.9. The van der Waals surface area contributed by atoms with Crippen LogP contribution in [0.2, 0.25) is 0 Å². The molecule has 3 atom stereocenters. The van der Waals surface area contributed by atoms with Crippen molar-refractivity contribution < 1.29 is 24.9 Å². The van der Waals surface area contributed by atoms with E-state index in [9.17, 15) is 19.8 Å². The second kappa shape index (κ2) is 13.2. The summed E-state index contributed by atoms with van der Waals surface area (Å²) >= 11 is 0. The zero-order chi connectivity index (χ0) is 21.0. The summed E-state index contributed by atoms with van der Waals surface area (Å²) in [6.07, 6.45) is 10.9. The Labute approximate surface area is 170 Å². The molecular weight excluding hydrogens is 358 g/mol. The number of carbonyl (C=O) groups excluding carboxylic acids is 1. The molecule has 0 bridgehead atoms. The number of aliphatic carboxylic acids is 1. The van der Waals surface area contributed by atoms with Gasteiger partial charge in [0.05, 0.1) is 24.2 Å². The number of carbonyl (C=O) groups is 2. The lowest BCUT2D eigenvalue weighted by atomic mass is 9.93. The van der Waals surface area contributed by atoms with Crippen molar-refractivity contribution in [3.8, 4) is 0 Å². The van der Waals surface area contributed by atoms with Gasteiger partial charge >= 0.3 is 5.97 Å². The number of carboxylic acid groups (broad SMARTS) is 1. The smallest absolute Gasteiger partial charge is 0.303 e. The monoisotopic (exact) mass is 399 g/mol. The number of likely N-dealkylation sites (tertiary alicyclic amines) is 1. The molecule has 1 saturated heterocycles. The molecule has 1 rings (SSSR count). The number of unbranched alkanes of at least 4 members (excludes halogenated alkanes) is 7. The fraction of sp³-hybridized carbons (Fsp3) is 0.909. The minimum atomic E-state index is -0.776. The average Bonchev–Trinajstić information content (AvgIpc) is 2.88. The Morgan fingerprint density at radius 3 is 2.39 bits per heavy atom. The van der Waals surface area contributed by atoms with Crippen LogP contribution in [0.15, 0.2) is 0 Å². The summed E-state index contributed by atoms with van der Waals surface area (Å²) in [4.78, 5) is 24.6. The average molecular weight is 400 g/mol. The first-order valence-electron chi connectivity index (χ1n) is 11.2. The molecule has 28 heavy (non-hydrogen) atoms. The van der Waals surface area contributed by atoms with Crippen molar-refractivity contribution in [2.75, 3.05) is 6.54 Å². The Morgan fingerprint density at radius 2 is 1.71 bits per heavy atom. The van der Waals surface area contributed by atoms with Crippen LogP contribution in [0.4, 0.5) is 0 Å². The molecule has 0 aromatic rings. The number of nitrogens with zero attached hydrogens (tertiary/aromatic N) is 1. The predicted molar refractivity (Wildman–Crippen MR) is 110 cm³/mol. The minimum absolute atomic E-state index is 0.0258. The molecule has 1 fully saturated rings. The van der Waals surface area contributed by atoms with Gasteiger partial charge in [0.15, 0.2) is 0 Å². The highest BCUT2D eigenvalue weighted by atomic mass is 16.4. The van der Waals surface area contributed by atoms with Crippen molar-refractivity contribution in [1.82, 2.24) is 4.90 Å². The molecule has 1 amide bonds. The third-order valence-electron chi connectivity index (χ3n) is 5.90. The van der Waals surface area contributed by atoms with Crippen molar-refractivity contribution in [2.24, 2.45) is 0 Å². The Morgan fingerprint density at radius 1 is 1.07 bits per heavy atom. The van der Waals surface area contributed by atoms with E-state index >= 15 is 0 Å². The third-order valence-corrected chi connectivity index (χ3v) is 5.90. The van der Waals surface area contributed by atoms with Crippen LogP contribution >= 0.6 is 0 Å². The summed E-state index contributed by atoms with van der Waals surface area (Å²) in [6.45, 7) is 4.52. The highest BCUT2D eigenvalue weighted by Crippen LogP contribution is 2.27. The van der Waals surface area contributed by atoms with Crippen LogP contribution in [0, 0.1) is 0 Å². The lowest BCUT2D eigenvalue weighted by molar-refractivity contribution is -0.137. The van der Waals surface area contributed by atoms with Gasteiger partial charge in [-0.15, -0.1) is 0 Å². The molecule has 1 aliphatic heterocycles. The number of amides is 1. The highest BCUT2D eigenvalue weighted by molar-refractivity contribution is 5.79. The van der Waals surface area contributed by atoms with Crippen LogP contribution in [0.1, 0.15) is 104 Å². The molecule has 3 unspecified atom stereocenters. The number of hydrogen-bond acceptors (Lipinski definition) is 4. The van der Waals surface area contributed by atoms with Crippen molar-refractivity contribution >= 4 is 11.9 Å². The molecule has 0 aromatic carbocycles. The van der Waals surface area contributed by atoms with E-state index in [0.29, 0.717) is 19.4 Å². The lowest BCUT2D eigenvalue weighted by Gasteiger charge is -2.30. The van der Waals surface area contributed by atoms with E-state index in [2.05, 4.69) is 6.92 Å². The molecule has 1 heterocycles. The maximum Gasteiger partial charge on any atom is 0.303 e. The zero-order valence-electron chi connectivity index (χ0n) is 17.9. The predicted octanol–water partition coefficient (Wildman–Crippen LogP) is 3.88. The molecule has 0 saturated carbocycles. The van der Waals surface area contributed by atoms with Gasteiger partial charge in [-0.2, -0.15) is 0 Å². The van der Waals surface area contributed by atoms with Gasteiger partial charge in [-0.05, 0) is 32.6 Å². The van der Waals surface area contributed by atoms with Gasteiger partial charge in [0.25, 0.3) is 0 Å². The highest BCUT2D eigenvalue weighted by Gasteiger charge is 2.38. The van der Waals surface area contributed by atoms with Crippen molar-refractivity contribution in [2.45, 2.75) is 121 Å². The Kier molecular flexibility index (Phi) is 11.7. The first kappa shape index (κ1) is 24.9. The molecule has 164 valence electrons. The number of aliphatic hydroxyl groups is 2. The van der Waals surface area contributed by atoms with Crippen LogP contribution in [0.3, 0.4) is 0 Å². The second-order valence-corrected chi connectivity index (χ2v) is 8.68. The topological polar surface area (TPSA) is 98.1 Å². The van der Waals surface area contributed by atoms with Gasteiger partial charge in [-0.1, -0.05) is 58.3 Å². The van der Waals surface area contributed by atoms with E-state index in [1.807, 2.05) is 6.92 Å². The lowest BCUT2D eigenvalue weighted by Crippen LogP contribution is -2.40. The molecule has 1 aliphatic rings. The molecule has 0 aliphatic carbocycles. The van der Waals surface area contributed by atoms with E-state index in [1.165, 1.54) is 19.3 Å². The summed E-state index contributed by atoms with van der Waals surface area (Å²) < 4.78 is 0. The molecule has 0 aromatic heterocycles. The van der Waals surface area contributed by atoms with Crippen molar-refractivity contribution in [1.29, 1.82) is 0 Å². The Balaban J connectivity index is 2.35. The van der Waals surface area contributed by atoms with Gasteiger partial charge in [0.2, 0.25) is 5.91 Å². The first-order valence-corrected chi connectivity index (χ1v) is 11.2. The fourth-order valence-electron chi connectivity index (χ4n) is 4.04. The fourth-order valence-corrected chi connectivity index (χ4v) is 4.04. The Bertz CT molecular complexity index is 466.